The van der Waals surface area contributed by atoms with Crippen molar-refractivity contribution in [1.82, 2.24) is 10.6 Å². The lowest BCUT2D eigenvalue weighted by molar-refractivity contribution is 0.135. The molecule has 0 bridgehead atoms. The number of ether oxygens (including phenoxy) is 1. The molecule has 0 aliphatic heterocycles. The van der Waals surface area contributed by atoms with Gasteiger partial charge in [0.2, 0.25) is 0 Å². The van der Waals surface area contributed by atoms with Gasteiger partial charge < -0.3 is 20.5 Å². The molecular formula is C23H33N3O2. The maximum atomic E-state index is 9.67. The van der Waals surface area contributed by atoms with Crippen molar-refractivity contribution in [3.8, 4) is 0 Å². The molecule has 2 aromatic rings. The van der Waals surface area contributed by atoms with Crippen LogP contribution in [0.4, 0.5) is 0 Å². The van der Waals surface area contributed by atoms with Crippen molar-refractivity contribution in [2.75, 3.05) is 39.5 Å². The molecule has 0 aromatic heterocycles. The molecule has 2 rings (SSSR count). The summed E-state index contributed by atoms with van der Waals surface area (Å²) < 4.78 is 5.72. The number of aliphatic imine (C=N–C) groups is 1. The van der Waals surface area contributed by atoms with Crippen molar-refractivity contribution >= 4 is 5.96 Å². The van der Waals surface area contributed by atoms with Gasteiger partial charge in [0, 0.05) is 25.6 Å². The zero-order chi connectivity index (χ0) is 19.9. The smallest absolute Gasteiger partial charge is 0.191 e. The number of aliphatic hydroxyl groups is 1. The number of nitrogens with zero attached hydrogens (tertiary/aromatic N) is 1. The van der Waals surface area contributed by atoms with Crippen LogP contribution in [0.1, 0.15) is 30.4 Å². The topological polar surface area (TPSA) is 65.9 Å². The zero-order valence-corrected chi connectivity index (χ0v) is 16.8. The Labute approximate surface area is 168 Å². The van der Waals surface area contributed by atoms with E-state index in [-0.39, 0.29) is 12.5 Å². The molecule has 5 nitrogen and oxygen atoms in total. The van der Waals surface area contributed by atoms with E-state index in [0.717, 1.165) is 50.7 Å². The van der Waals surface area contributed by atoms with E-state index in [1.54, 1.807) is 0 Å². The van der Waals surface area contributed by atoms with E-state index in [1.807, 2.05) is 43.3 Å². The summed E-state index contributed by atoms with van der Waals surface area (Å²) in [5.74, 6) is 0.791. The summed E-state index contributed by atoms with van der Waals surface area (Å²) in [4.78, 5) is 4.63. The van der Waals surface area contributed by atoms with Gasteiger partial charge in [0.1, 0.15) is 0 Å². The van der Waals surface area contributed by atoms with Gasteiger partial charge in [0.15, 0.2) is 5.96 Å². The van der Waals surface area contributed by atoms with E-state index in [9.17, 15) is 5.11 Å². The van der Waals surface area contributed by atoms with E-state index < -0.39 is 0 Å². The number of hydrogen-bond acceptors (Lipinski definition) is 3. The maximum Gasteiger partial charge on any atom is 0.191 e. The molecule has 152 valence electrons. The minimum Gasteiger partial charge on any atom is -0.396 e. The summed E-state index contributed by atoms with van der Waals surface area (Å²) in [7, 11) is 0. The first-order chi connectivity index (χ1) is 13.8. The lowest BCUT2D eigenvalue weighted by Gasteiger charge is -2.15. The van der Waals surface area contributed by atoms with Gasteiger partial charge in [-0.1, -0.05) is 60.7 Å². The van der Waals surface area contributed by atoms with Gasteiger partial charge in [-0.2, -0.15) is 0 Å². The zero-order valence-electron chi connectivity index (χ0n) is 16.8. The number of guanidine groups is 1. The maximum absolute atomic E-state index is 9.67. The van der Waals surface area contributed by atoms with Gasteiger partial charge in [-0.05, 0) is 30.9 Å². The molecule has 0 saturated carbocycles. The van der Waals surface area contributed by atoms with E-state index >= 15 is 0 Å². The first-order valence-electron chi connectivity index (χ1n) is 10.1. The Morgan fingerprint density at radius 3 is 2.39 bits per heavy atom. The van der Waals surface area contributed by atoms with Gasteiger partial charge in [0.25, 0.3) is 0 Å². The van der Waals surface area contributed by atoms with Gasteiger partial charge in [-0.25, -0.2) is 0 Å². The Morgan fingerprint density at radius 2 is 1.71 bits per heavy atom. The van der Waals surface area contributed by atoms with Crippen LogP contribution < -0.4 is 10.6 Å². The molecule has 3 N–H and O–H groups in total. The fraction of sp³-hybridized carbons (Fsp3) is 0.435. The van der Waals surface area contributed by atoms with Gasteiger partial charge in [-0.3, -0.25) is 4.99 Å². The second-order valence-electron chi connectivity index (χ2n) is 6.64. The third-order valence-electron chi connectivity index (χ3n) is 4.44. The largest absolute Gasteiger partial charge is 0.396 e. The highest BCUT2D eigenvalue weighted by molar-refractivity contribution is 5.79. The minimum absolute atomic E-state index is 0.0120. The number of nitrogens with one attached hydrogen (secondary N) is 2. The molecule has 0 spiro atoms. The van der Waals surface area contributed by atoms with Gasteiger partial charge in [-0.15, -0.1) is 0 Å². The van der Waals surface area contributed by atoms with Crippen molar-refractivity contribution in [3.63, 3.8) is 0 Å². The van der Waals surface area contributed by atoms with Gasteiger partial charge >= 0.3 is 0 Å². The molecular weight excluding hydrogens is 350 g/mol. The second-order valence-corrected chi connectivity index (χ2v) is 6.64. The molecule has 28 heavy (non-hydrogen) atoms. The third-order valence-corrected chi connectivity index (χ3v) is 4.44. The average Bonchev–Trinajstić information content (AvgIpc) is 2.75. The van der Waals surface area contributed by atoms with E-state index in [2.05, 4.69) is 39.9 Å². The van der Waals surface area contributed by atoms with Crippen molar-refractivity contribution in [2.45, 2.75) is 25.7 Å². The van der Waals surface area contributed by atoms with Crippen molar-refractivity contribution in [1.29, 1.82) is 0 Å². The molecule has 0 heterocycles. The highest BCUT2D eigenvalue weighted by atomic mass is 16.5. The normalized spacial score (nSPS) is 12.6. The fourth-order valence-corrected chi connectivity index (χ4v) is 2.85. The van der Waals surface area contributed by atoms with Crippen LogP contribution in [-0.2, 0) is 11.2 Å². The Balaban J connectivity index is 1.66. The predicted molar refractivity (Wildman–Crippen MR) is 116 cm³/mol. The van der Waals surface area contributed by atoms with Crippen LogP contribution in [0.5, 0.6) is 0 Å². The molecule has 1 atom stereocenters. The van der Waals surface area contributed by atoms with Crippen LogP contribution >= 0.6 is 0 Å². The predicted octanol–water partition coefficient (Wildman–Crippen LogP) is 2.97. The first kappa shape index (κ1) is 21.9. The Morgan fingerprint density at radius 1 is 1.00 bits per heavy atom. The quantitative estimate of drug-likeness (QED) is 0.299. The summed E-state index contributed by atoms with van der Waals surface area (Å²) in [5, 5.41) is 16.3. The standard InChI is InChI=1S/C23H33N3O2/c1-2-24-23(26-18-22(19-27)21-12-7-4-8-13-21)25-15-9-16-28-17-14-20-10-5-3-6-11-20/h3-8,10-13,22,27H,2,9,14-19H2,1H3,(H2,24,25,26). The van der Waals surface area contributed by atoms with Crippen LogP contribution in [0, 0.1) is 0 Å². The van der Waals surface area contributed by atoms with Crippen LogP contribution in [-0.4, -0.2) is 50.5 Å². The molecule has 0 fully saturated rings. The first-order valence-corrected chi connectivity index (χ1v) is 10.1. The molecule has 0 aliphatic carbocycles. The highest BCUT2D eigenvalue weighted by Crippen LogP contribution is 2.14. The summed E-state index contributed by atoms with van der Waals surface area (Å²) in [6, 6.07) is 20.4. The third kappa shape index (κ3) is 8.55. The number of hydrogen-bond donors (Lipinski definition) is 3. The number of rotatable bonds is 12. The summed E-state index contributed by atoms with van der Waals surface area (Å²) >= 11 is 0. The molecule has 0 amide bonds. The lowest BCUT2D eigenvalue weighted by atomic mass is 10.0. The average molecular weight is 384 g/mol. The molecule has 2 aromatic carbocycles. The molecule has 1 unspecified atom stereocenters. The lowest BCUT2D eigenvalue weighted by Crippen LogP contribution is -2.38. The molecule has 0 saturated heterocycles. The van der Waals surface area contributed by atoms with Crippen LogP contribution in [0.2, 0.25) is 0 Å². The van der Waals surface area contributed by atoms with Crippen LogP contribution in [0.3, 0.4) is 0 Å². The Hall–Kier alpha value is -2.37. The molecule has 5 heteroatoms. The minimum atomic E-state index is 0.0120. The molecule has 0 aliphatic rings. The highest BCUT2D eigenvalue weighted by Gasteiger charge is 2.09. The summed E-state index contributed by atoms with van der Waals surface area (Å²) in [6.07, 6.45) is 1.86. The Bertz CT molecular complexity index is 662. The second kappa shape index (κ2) is 13.7. The van der Waals surface area contributed by atoms with Crippen LogP contribution in [0.15, 0.2) is 65.7 Å². The fourth-order valence-electron chi connectivity index (χ4n) is 2.85. The van der Waals surface area contributed by atoms with E-state index in [4.69, 9.17) is 4.74 Å². The SMILES string of the molecule is CCNC(=NCC(CO)c1ccccc1)NCCCOCCc1ccccc1. The monoisotopic (exact) mass is 383 g/mol. The number of aliphatic hydroxyl groups excluding tert-OH is 1. The van der Waals surface area contributed by atoms with Crippen molar-refractivity contribution in [3.05, 3.63) is 71.8 Å². The molecule has 0 radical (unpaired) electrons. The van der Waals surface area contributed by atoms with Crippen LogP contribution in [0.25, 0.3) is 0 Å². The van der Waals surface area contributed by atoms with Crippen molar-refractivity contribution in [2.24, 2.45) is 4.99 Å². The van der Waals surface area contributed by atoms with Gasteiger partial charge in [0.05, 0.1) is 19.8 Å². The summed E-state index contributed by atoms with van der Waals surface area (Å²) in [6.45, 7) is 5.74. The Kier molecular flexibility index (Phi) is 10.8. The summed E-state index contributed by atoms with van der Waals surface area (Å²) in [5.41, 5.74) is 2.41. The van der Waals surface area contributed by atoms with E-state index in [1.165, 1.54) is 5.56 Å². The number of benzene rings is 2. The van der Waals surface area contributed by atoms with E-state index in [0.29, 0.717) is 6.54 Å². The van der Waals surface area contributed by atoms with Crippen molar-refractivity contribution < 1.29 is 9.84 Å².